The fourth-order valence-electron chi connectivity index (χ4n) is 1.17. The molecule has 1 fully saturated rings. The molecule has 0 aliphatic heterocycles. The maximum absolute atomic E-state index is 11.3. The van der Waals surface area contributed by atoms with Gasteiger partial charge in [-0.25, -0.2) is 0 Å². The van der Waals surface area contributed by atoms with Crippen LogP contribution in [0.5, 0.6) is 0 Å². The molecule has 13 heavy (non-hydrogen) atoms. The Labute approximate surface area is 80.5 Å². The van der Waals surface area contributed by atoms with E-state index in [2.05, 4.69) is 12.2 Å². The summed E-state index contributed by atoms with van der Waals surface area (Å²) >= 11 is 0. The first kappa shape index (κ1) is 10.5. The molecule has 0 radical (unpaired) electrons. The summed E-state index contributed by atoms with van der Waals surface area (Å²) in [5.74, 6) is 0.187. The Morgan fingerprint density at radius 1 is 1.54 bits per heavy atom. The minimum Gasteiger partial charge on any atom is -0.345 e. The number of likely N-dealkylation sites (N-methyl/N-ethyl adjacent to an activating group) is 1. The number of nitrogens with one attached hydrogen (secondary N) is 1. The molecule has 3 heteroatoms. The van der Waals surface area contributed by atoms with Gasteiger partial charge in [-0.05, 0) is 25.2 Å². The zero-order valence-corrected chi connectivity index (χ0v) is 8.89. The Morgan fingerprint density at radius 3 is 2.62 bits per heavy atom. The lowest BCUT2D eigenvalue weighted by atomic mass is 10.1. The highest BCUT2D eigenvalue weighted by Crippen LogP contribution is 2.43. The van der Waals surface area contributed by atoms with Crippen LogP contribution in [0.4, 0.5) is 0 Å². The number of hydrogen-bond donors (Lipinski definition) is 1. The van der Waals surface area contributed by atoms with Crippen molar-refractivity contribution in [3.8, 4) is 0 Å². The fraction of sp³-hybridized carbons (Fsp3) is 0.900. The van der Waals surface area contributed by atoms with Gasteiger partial charge in [-0.1, -0.05) is 6.92 Å². The van der Waals surface area contributed by atoms with Crippen molar-refractivity contribution in [3.63, 3.8) is 0 Å². The van der Waals surface area contributed by atoms with Crippen molar-refractivity contribution in [3.05, 3.63) is 0 Å². The second kappa shape index (κ2) is 4.09. The minimum absolute atomic E-state index is 0.187. The summed E-state index contributed by atoms with van der Waals surface area (Å²) in [6.07, 6.45) is 2.61. The summed E-state index contributed by atoms with van der Waals surface area (Å²) in [5.41, 5.74) is 0.491. The number of carbonyl (C=O) groups is 1. The lowest BCUT2D eigenvalue weighted by molar-refractivity contribution is -0.128. The number of nitrogens with zero attached hydrogens (tertiary/aromatic N) is 1. The first-order valence-corrected chi connectivity index (χ1v) is 5.02. The van der Waals surface area contributed by atoms with Crippen molar-refractivity contribution in [2.45, 2.75) is 26.7 Å². The van der Waals surface area contributed by atoms with E-state index in [0.29, 0.717) is 12.0 Å². The van der Waals surface area contributed by atoms with Crippen LogP contribution in [0.25, 0.3) is 0 Å². The third-order valence-corrected chi connectivity index (χ3v) is 2.83. The number of amides is 1. The predicted molar refractivity (Wildman–Crippen MR) is 53.5 cm³/mol. The maximum atomic E-state index is 11.3. The van der Waals surface area contributed by atoms with Gasteiger partial charge in [0.2, 0.25) is 5.91 Å². The molecule has 0 bridgehead atoms. The Bertz CT molecular complexity index is 187. The molecule has 1 aliphatic rings. The molecule has 1 rings (SSSR count). The van der Waals surface area contributed by atoms with Gasteiger partial charge in [0, 0.05) is 20.1 Å². The lowest BCUT2D eigenvalue weighted by Gasteiger charge is -2.16. The highest BCUT2D eigenvalue weighted by molar-refractivity contribution is 5.77. The van der Waals surface area contributed by atoms with Gasteiger partial charge in [0.1, 0.15) is 0 Å². The summed E-state index contributed by atoms with van der Waals surface area (Å²) in [6, 6.07) is 0. The largest absolute Gasteiger partial charge is 0.345 e. The van der Waals surface area contributed by atoms with Gasteiger partial charge in [-0.2, -0.15) is 0 Å². The molecule has 76 valence electrons. The van der Waals surface area contributed by atoms with Crippen molar-refractivity contribution >= 4 is 5.91 Å². The van der Waals surface area contributed by atoms with Crippen molar-refractivity contribution < 1.29 is 4.79 Å². The van der Waals surface area contributed by atoms with E-state index in [-0.39, 0.29) is 5.91 Å². The van der Waals surface area contributed by atoms with E-state index < -0.39 is 0 Å². The first-order valence-electron chi connectivity index (χ1n) is 5.02. The summed E-state index contributed by atoms with van der Waals surface area (Å²) < 4.78 is 0. The zero-order valence-electron chi connectivity index (χ0n) is 8.89. The third-order valence-electron chi connectivity index (χ3n) is 2.83. The lowest BCUT2D eigenvalue weighted by Crippen LogP contribution is -2.37. The quantitative estimate of drug-likeness (QED) is 0.687. The van der Waals surface area contributed by atoms with Crippen LogP contribution in [0, 0.1) is 5.41 Å². The smallest absolute Gasteiger partial charge is 0.236 e. The van der Waals surface area contributed by atoms with Gasteiger partial charge in [-0.3, -0.25) is 4.79 Å². The topological polar surface area (TPSA) is 32.3 Å². The summed E-state index contributed by atoms with van der Waals surface area (Å²) in [5, 5.41) is 3.21. The second-order valence-corrected chi connectivity index (χ2v) is 4.32. The number of rotatable bonds is 5. The van der Waals surface area contributed by atoms with Gasteiger partial charge in [0.05, 0.1) is 6.54 Å². The molecule has 0 spiro atoms. The molecule has 0 saturated heterocycles. The number of carbonyl (C=O) groups excluding carboxylic acids is 1. The van der Waals surface area contributed by atoms with Crippen molar-refractivity contribution in [1.82, 2.24) is 10.2 Å². The van der Waals surface area contributed by atoms with E-state index in [9.17, 15) is 4.79 Å². The average Bonchev–Trinajstić information content (AvgIpc) is 2.82. The Morgan fingerprint density at radius 2 is 2.15 bits per heavy atom. The molecule has 0 heterocycles. The van der Waals surface area contributed by atoms with E-state index in [1.165, 1.54) is 12.8 Å². The molecular formula is C10H20N2O. The van der Waals surface area contributed by atoms with Gasteiger partial charge in [0.25, 0.3) is 0 Å². The van der Waals surface area contributed by atoms with E-state index in [0.717, 1.165) is 13.1 Å². The molecule has 1 N–H and O–H groups in total. The van der Waals surface area contributed by atoms with E-state index in [4.69, 9.17) is 0 Å². The predicted octanol–water partition coefficient (Wildman–Crippen LogP) is 0.854. The molecule has 1 saturated carbocycles. The summed E-state index contributed by atoms with van der Waals surface area (Å²) in [4.78, 5) is 13.1. The van der Waals surface area contributed by atoms with Crippen LogP contribution in [0.2, 0.25) is 0 Å². The van der Waals surface area contributed by atoms with Crippen LogP contribution < -0.4 is 5.32 Å². The summed E-state index contributed by atoms with van der Waals surface area (Å²) in [6.45, 7) is 6.50. The van der Waals surface area contributed by atoms with Crippen LogP contribution in [-0.4, -0.2) is 37.5 Å². The third kappa shape index (κ3) is 3.35. The van der Waals surface area contributed by atoms with Gasteiger partial charge >= 0.3 is 0 Å². The van der Waals surface area contributed by atoms with Crippen LogP contribution in [0.3, 0.4) is 0 Å². The van der Waals surface area contributed by atoms with E-state index in [1.807, 2.05) is 14.0 Å². The maximum Gasteiger partial charge on any atom is 0.236 e. The molecule has 1 aliphatic carbocycles. The first-order chi connectivity index (χ1) is 6.07. The van der Waals surface area contributed by atoms with E-state index >= 15 is 0 Å². The van der Waals surface area contributed by atoms with Crippen molar-refractivity contribution in [2.24, 2.45) is 5.41 Å². The molecule has 0 aromatic heterocycles. The molecule has 0 unspecified atom stereocenters. The van der Waals surface area contributed by atoms with Crippen LogP contribution in [-0.2, 0) is 4.79 Å². The zero-order chi connectivity index (χ0) is 9.90. The van der Waals surface area contributed by atoms with E-state index in [1.54, 1.807) is 4.90 Å². The standard InChI is InChI=1S/C10H20N2O/c1-4-12(3)9(13)7-11-8-10(2)5-6-10/h11H,4-8H2,1-3H3. The highest BCUT2D eigenvalue weighted by Gasteiger charge is 2.36. The van der Waals surface area contributed by atoms with Crippen LogP contribution in [0.1, 0.15) is 26.7 Å². The normalized spacial score (nSPS) is 18.4. The molecule has 0 aromatic carbocycles. The Kier molecular flexibility index (Phi) is 3.31. The van der Waals surface area contributed by atoms with Crippen molar-refractivity contribution in [2.75, 3.05) is 26.7 Å². The Balaban J connectivity index is 2.08. The molecule has 1 amide bonds. The van der Waals surface area contributed by atoms with Crippen molar-refractivity contribution in [1.29, 1.82) is 0 Å². The second-order valence-electron chi connectivity index (χ2n) is 4.32. The minimum atomic E-state index is 0.187. The highest BCUT2D eigenvalue weighted by atomic mass is 16.2. The molecule has 3 nitrogen and oxygen atoms in total. The average molecular weight is 184 g/mol. The van der Waals surface area contributed by atoms with Crippen LogP contribution >= 0.6 is 0 Å². The van der Waals surface area contributed by atoms with Gasteiger partial charge in [-0.15, -0.1) is 0 Å². The number of hydrogen-bond acceptors (Lipinski definition) is 2. The van der Waals surface area contributed by atoms with Gasteiger partial charge in [0.15, 0.2) is 0 Å². The Hall–Kier alpha value is -0.570. The summed E-state index contributed by atoms with van der Waals surface area (Å²) in [7, 11) is 1.84. The SMILES string of the molecule is CCN(C)C(=O)CNCC1(C)CC1. The van der Waals surface area contributed by atoms with Crippen LogP contribution in [0.15, 0.2) is 0 Å². The van der Waals surface area contributed by atoms with Gasteiger partial charge < -0.3 is 10.2 Å². The monoisotopic (exact) mass is 184 g/mol. The molecule has 0 atom stereocenters. The molecule has 0 aromatic rings. The molecular weight excluding hydrogens is 164 g/mol. The fourth-order valence-corrected chi connectivity index (χ4v) is 1.17.